The van der Waals surface area contributed by atoms with Gasteiger partial charge in [0.1, 0.15) is 0 Å². The van der Waals surface area contributed by atoms with Gasteiger partial charge in [0.15, 0.2) is 0 Å². The van der Waals surface area contributed by atoms with Gasteiger partial charge in [-0.05, 0) is 12.0 Å². The fraction of sp³-hybridized carbons (Fsp3) is 0.200. The first-order chi connectivity index (χ1) is 6.24. The average Bonchev–Trinajstić information content (AvgIpc) is 2.15. The highest BCUT2D eigenvalue weighted by Crippen LogP contribution is 2.06. The van der Waals surface area contributed by atoms with E-state index in [2.05, 4.69) is 0 Å². The number of aliphatic carboxylic acids is 1. The molecule has 0 fully saturated rings. The quantitative estimate of drug-likeness (QED) is 0.653. The molecule has 0 aliphatic carbocycles. The van der Waals surface area contributed by atoms with Crippen molar-refractivity contribution in [2.45, 2.75) is 6.42 Å². The van der Waals surface area contributed by atoms with Crippen LogP contribution >= 0.6 is 0 Å². The summed E-state index contributed by atoms with van der Waals surface area (Å²) in [7, 11) is 0. The second-order valence-corrected chi connectivity index (χ2v) is 2.69. The molecule has 13 heavy (non-hydrogen) atoms. The topological polar surface area (TPSA) is 63.9 Å². The summed E-state index contributed by atoms with van der Waals surface area (Å²) in [5.74, 6) is -2.37. The lowest BCUT2D eigenvalue weighted by Gasteiger charge is -2.08. The minimum absolute atomic E-state index is 0.208. The van der Waals surface area contributed by atoms with Crippen molar-refractivity contribution in [2.75, 3.05) is 0 Å². The van der Waals surface area contributed by atoms with Gasteiger partial charge in [0, 0.05) is 0 Å². The van der Waals surface area contributed by atoms with Gasteiger partial charge in [-0.2, -0.15) is 5.26 Å². The molecule has 66 valence electrons. The summed E-state index contributed by atoms with van der Waals surface area (Å²) in [6.45, 7) is 0. The number of benzene rings is 1. The maximum absolute atomic E-state index is 10.4. The molecule has 0 saturated heterocycles. The van der Waals surface area contributed by atoms with Crippen molar-refractivity contribution >= 4 is 5.97 Å². The standard InChI is InChI=1S/C10H9NO2/c11-7-9(10(12)13)6-8-4-2-1-3-5-8/h1-5,9H,6H2,(H,12,13)/p-1. The molecule has 3 heteroatoms. The van der Waals surface area contributed by atoms with Crippen molar-refractivity contribution < 1.29 is 9.90 Å². The van der Waals surface area contributed by atoms with Crippen molar-refractivity contribution in [3.63, 3.8) is 0 Å². The Morgan fingerprint density at radius 3 is 2.54 bits per heavy atom. The molecule has 0 bridgehead atoms. The summed E-state index contributed by atoms with van der Waals surface area (Å²) in [6.07, 6.45) is 0.208. The Morgan fingerprint density at radius 2 is 2.08 bits per heavy atom. The Balaban J connectivity index is 2.69. The van der Waals surface area contributed by atoms with E-state index in [1.165, 1.54) is 0 Å². The number of rotatable bonds is 3. The number of carbonyl (C=O) groups is 1. The number of carboxylic acids is 1. The van der Waals surface area contributed by atoms with Gasteiger partial charge >= 0.3 is 0 Å². The van der Waals surface area contributed by atoms with E-state index in [1.807, 2.05) is 6.07 Å². The Kier molecular flexibility index (Phi) is 3.04. The predicted octanol–water partition coefficient (Wildman–Crippen LogP) is 0.119. The van der Waals surface area contributed by atoms with Crippen LogP contribution in [0.1, 0.15) is 5.56 Å². The number of carboxylic acid groups (broad SMARTS) is 1. The summed E-state index contributed by atoms with van der Waals surface area (Å²) < 4.78 is 0. The molecule has 0 aliphatic heterocycles. The average molecular weight is 174 g/mol. The molecular formula is C10H8NO2-. The molecule has 0 amide bonds. The Labute approximate surface area is 76.2 Å². The lowest BCUT2D eigenvalue weighted by Crippen LogP contribution is -2.31. The highest BCUT2D eigenvalue weighted by atomic mass is 16.4. The SMILES string of the molecule is N#CC(Cc1ccccc1)C(=O)[O-]. The summed E-state index contributed by atoms with van der Waals surface area (Å²) in [5, 5.41) is 18.9. The second-order valence-electron chi connectivity index (χ2n) is 2.69. The zero-order valence-corrected chi connectivity index (χ0v) is 6.93. The molecule has 1 aromatic rings. The van der Waals surface area contributed by atoms with Gasteiger partial charge in [-0.15, -0.1) is 0 Å². The first-order valence-electron chi connectivity index (χ1n) is 3.88. The second kappa shape index (κ2) is 4.27. The molecule has 1 unspecified atom stereocenters. The molecule has 0 heterocycles. The minimum Gasteiger partial charge on any atom is -0.549 e. The third-order valence-corrected chi connectivity index (χ3v) is 1.72. The number of nitriles is 1. The van der Waals surface area contributed by atoms with Crippen LogP contribution in [-0.4, -0.2) is 5.97 Å². The fourth-order valence-corrected chi connectivity index (χ4v) is 1.03. The van der Waals surface area contributed by atoms with Crippen molar-refractivity contribution in [2.24, 2.45) is 5.92 Å². The van der Waals surface area contributed by atoms with Crippen molar-refractivity contribution in [1.29, 1.82) is 5.26 Å². The molecule has 0 aromatic heterocycles. The molecule has 3 nitrogen and oxygen atoms in total. The third-order valence-electron chi connectivity index (χ3n) is 1.72. The smallest absolute Gasteiger partial charge is 0.0898 e. The molecule has 0 saturated carbocycles. The molecule has 0 radical (unpaired) electrons. The molecule has 1 aromatic carbocycles. The van der Waals surface area contributed by atoms with E-state index in [0.29, 0.717) is 0 Å². The van der Waals surface area contributed by atoms with Crippen LogP contribution in [0.5, 0.6) is 0 Å². The van der Waals surface area contributed by atoms with Crippen LogP contribution in [0, 0.1) is 17.2 Å². The van der Waals surface area contributed by atoms with Crippen LogP contribution in [0.15, 0.2) is 30.3 Å². The highest BCUT2D eigenvalue weighted by molar-refractivity contribution is 5.71. The lowest BCUT2D eigenvalue weighted by molar-refractivity contribution is -0.309. The van der Waals surface area contributed by atoms with E-state index in [9.17, 15) is 9.90 Å². The fourth-order valence-electron chi connectivity index (χ4n) is 1.03. The highest BCUT2D eigenvalue weighted by Gasteiger charge is 2.08. The Morgan fingerprint density at radius 1 is 1.46 bits per heavy atom. The van der Waals surface area contributed by atoms with Crippen LogP contribution < -0.4 is 5.11 Å². The molecule has 0 spiro atoms. The van der Waals surface area contributed by atoms with Crippen LogP contribution in [0.25, 0.3) is 0 Å². The van der Waals surface area contributed by atoms with E-state index >= 15 is 0 Å². The number of hydrogen-bond acceptors (Lipinski definition) is 3. The van der Waals surface area contributed by atoms with Gasteiger partial charge in [0.25, 0.3) is 0 Å². The van der Waals surface area contributed by atoms with Crippen LogP contribution in [0.4, 0.5) is 0 Å². The van der Waals surface area contributed by atoms with Crippen molar-refractivity contribution in [1.82, 2.24) is 0 Å². The van der Waals surface area contributed by atoms with Gasteiger partial charge in [-0.3, -0.25) is 0 Å². The van der Waals surface area contributed by atoms with E-state index in [0.717, 1.165) is 5.56 Å². The van der Waals surface area contributed by atoms with Crippen molar-refractivity contribution in [3.05, 3.63) is 35.9 Å². The van der Waals surface area contributed by atoms with E-state index < -0.39 is 11.9 Å². The largest absolute Gasteiger partial charge is 0.549 e. The Hall–Kier alpha value is -1.82. The van der Waals surface area contributed by atoms with Gasteiger partial charge < -0.3 is 9.90 Å². The van der Waals surface area contributed by atoms with Gasteiger partial charge in [-0.1, -0.05) is 30.3 Å². The number of nitrogens with zero attached hydrogens (tertiary/aromatic N) is 1. The maximum atomic E-state index is 10.4. The summed E-state index contributed by atoms with van der Waals surface area (Å²) in [4.78, 5) is 10.4. The van der Waals surface area contributed by atoms with Gasteiger partial charge in [0.05, 0.1) is 18.0 Å². The normalized spacial score (nSPS) is 11.6. The molecule has 0 aliphatic rings. The Bertz CT molecular complexity index is 327. The third kappa shape index (κ3) is 2.60. The van der Waals surface area contributed by atoms with Gasteiger partial charge in [0.2, 0.25) is 0 Å². The van der Waals surface area contributed by atoms with Gasteiger partial charge in [-0.25, -0.2) is 0 Å². The molecule has 1 atom stereocenters. The zero-order chi connectivity index (χ0) is 9.68. The first-order valence-corrected chi connectivity index (χ1v) is 3.88. The monoisotopic (exact) mass is 174 g/mol. The molecular weight excluding hydrogens is 166 g/mol. The number of carbonyl (C=O) groups excluding carboxylic acids is 1. The van der Waals surface area contributed by atoms with E-state index in [4.69, 9.17) is 5.26 Å². The lowest BCUT2D eigenvalue weighted by atomic mass is 10.0. The van der Waals surface area contributed by atoms with Crippen LogP contribution in [-0.2, 0) is 11.2 Å². The van der Waals surface area contributed by atoms with Crippen LogP contribution in [0.3, 0.4) is 0 Å². The van der Waals surface area contributed by atoms with E-state index in [1.54, 1.807) is 30.3 Å². The summed E-state index contributed by atoms with van der Waals surface area (Å²) in [6, 6.07) is 10.7. The zero-order valence-electron chi connectivity index (χ0n) is 6.93. The molecule has 1 rings (SSSR count). The maximum Gasteiger partial charge on any atom is 0.0898 e. The molecule has 0 N–H and O–H groups in total. The number of hydrogen-bond donors (Lipinski definition) is 0. The summed E-state index contributed by atoms with van der Waals surface area (Å²) in [5.41, 5.74) is 0.832. The van der Waals surface area contributed by atoms with E-state index in [-0.39, 0.29) is 6.42 Å². The van der Waals surface area contributed by atoms with Crippen molar-refractivity contribution in [3.8, 4) is 6.07 Å². The van der Waals surface area contributed by atoms with Crippen LogP contribution in [0.2, 0.25) is 0 Å². The first kappa shape index (κ1) is 9.27. The minimum atomic E-state index is -1.31. The predicted molar refractivity (Wildman–Crippen MR) is 44.3 cm³/mol. The summed E-state index contributed by atoms with van der Waals surface area (Å²) >= 11 is 0.